The minimum atomic E-state index is -0.433. The third-order valence-electron chi connectivity index (χ3n) is 2.89. The molecular weight excluding hydrogens is 259 g/mol. The van der Waals surface area contributed by atoms with Gasteiger partial charge in [-0.1, -0.05) is 6.07 Å². The highest BCUT2D eigenvalue weighted by atomic mass is 19.1. The lowest BCUT2D eigenvalue weighted by Gasteiger charge is -2.09. The quantitative estimate of drug-likeness (QED) is 0.796. The second-order valence-electron chi connectivity index (χ2n) is 4.38. The molecule has 3 aromatic rings. The van der Waals surface area contributed by atoms with Crippen LogP contribution in [0.2, 0.25) is 0 Å². The summed E-state index contributed by atoms with van der Waals surface area (Å²) in [4.78, 5) is 8.44. The van der Waals surface area contributed by atoms with E-state index in [0.29, 0.717) is 11.5 Å². The summed E-state index contributed by atoms with van der Waals surface area (Å²) in [5.74, 6) is 0.567. The molecule has 0 aliphatic heterocycles. The molecule has 0 spiro atoms. The summed E-state index contributed by atoms with van der Waals surface area (Å²) in [7, 11) is 1.75. The SMILES string of the molecule is CNc1cn2ccnc2c(Oc2cc(C)ccc2F)n1. The predicted octanol–water partition coefficient (Wildman–Crippen LogP) is 3.01. The molecule has 0 aliphatic rings. The van der Waals surface area contributed by atoms with Crippen LogP contribution in [0.1, 0.15) is 5.56 Å². The Kier molecular flexibility index (Phi) is 2.98. The van der Waals surface area contributed by atoms with Crippen molar-refractivity contribution in [3.8, 4) is 11.6 Å². The van der Waals surface area contributed by atoms with E-state index in [2.05, 4.69) is 15.3 Å². The fourth-order valence-electron chi connectivity index (χ4n) is 1.88. The summed E-state index contributed by atoms with van der Waals surface area (Å²) in [5.41, 5.74) is 1.44. The molecule has 3 rings (SSSR count). The molecule has 20 heavy (non-hydrogen) atoms. The summed E-state index contributed by atoms with van der Waals surface area (Å²) < 4.78 is 21.1. The molecule has 0 bridgehead atoms. The summed E-state index contributed by atoms with van der Waals surface area (Å²) in [6.45, 7) is 1.87. The lowest BCUT2D eigenvalue weighted by atomic mass is 10.2. The first-order valence-corrected chi connectivity index (χ1v) is 6.13. The molecule has 0 radical (unpaired) electrons. The fraction of sp³-hybridized carbons (Fsp3) is 0.143. The zero-order valence-electron chi connectivity index (χ0n) is 11.1. The van der Waals surface area contributed by atoms with Crippen molar-refractivity contribution in [2.75, 3.05) is 12.4 Å². The van der Waals surface area contributed by atoms with Crippen LogP contribution in [0.5, 0.6) is 11.6 Å². The Bertz CT molecular complexity index is 769. The number of ether oxygens (including phenoxy) is 1. The number of rotatable bonds is 3. The van der Waals surface area contributed by atoms with E-state index in [9.17, 15) is 4.39 Å². The number of imidazole rings is 1. The molecular formula is C14H13FN4O. The van der Waals surface area contributed by atoms with Crippen molar-refractivity contribution >= 4 is 11.5 Å². The number of benzene rings is 1. The Labute approximate surface area is 115 Å². The molecule has 0 fully saturated rings. The average molecular weight is 272 g/mol. The third kappa shape index (κ3) is 2.16. The first kappa shape index (κ1) is 12.4. The van der Waals surface area contributed by atoms with Gasteiger partial charge in [0.15, 0.2) is 11.6 Å². The number of aromatic nitrogens is 3. The van der Waals surface area contributed by atoms with Gasteiger partial charge >= 0.3 is 0 Å². The zero-order valence-corrected chi connectivity index (χ0v) is 11.1. The van der Waals surface area contributed by atoms with Crippen LogP contribution in [0, 0.1) is 12.7 Å². The Hall–Kier alpha value is -2.63. The van der Waals surface area contributed by atoms with E-state index < -0.39 is 5.82 Å². The van der Waals surface area contributed by atoms with Crippen molar-refractivity contribution in [3.63, 3.8) is 0 Å². The molecule has 1 aromatic carbocycles. The second-order valence-corrected chi connectivity index (χ2v) is 4.38. The van der Waals surface area contributed by atoms with Gasteiger partial charge in [-0.15, -0.1) is 0 Å². The number of hydrogen-bond acceptors (Lipinski definition) is 4. The maximum absolute atomic E-state index is 13.8. The third-order valence-corrected chi connectivity index (χ3v) is 2.89. The zero-order chi connectivity index (χ0) is 14.1. The summed E-state index contributed by atoms with van der Waals surface area (Å²) in [6.07, 6.45) is 5.19. The van der Waals surface area contributed by atoms with Gasteiger partial charge in [0.1, 0.15) is 5.82 Å². The van der Waals surface area contributed by atoms with Crippen LogP contribution in [0.15, 0.2) is 36.8 Å². The van der Waals surface area contributed by atoms with Crippen LogP contribution in [0.3, 0.4) is 0 Å². The van der Waals surface area contributed by atoms with E-state index in [1.807, 2.05) is 6.92 Å². The first-order valence-electron chi connectivity index (χ1n) is 6.13. The summed E-state index contributed by atoms with van der Waals surface area (Å²) in [6, 6.07) is 4.68. The van der Waals surface area contributed by atoms with E-state index in [0.717, 1.165) is 5.56 Å². The lowest BCUT2D eigenvalue weighted by Crippen LogP contribution is -2.00. The first-order chi connectivity index (χ1) is 9.67. The second kappa shape index (κ2) is 4.80. The van der Waals surface area contributed by atoms with Gasteiger partial charge in [-0.25, -0.2) is 9.37 Å². The van der Waals surface area contributed by atoms with Crippen LogP contribution in [0.4, 0.5) is 10.2 Å². The highest BCUT2D eigenvalue weighted by Crippen LogP contribution is 2.27. The largest absolute Gasteiger partial charge is 0.433 e. The van der Waals surface area contributed by atoms with Crippen LogP contribution >= 0.6 is 0 Å². The highest BCUT2D eigenvalue weighted by molar-refractivity contribution is 5.55. The smallest absolute Gasteiger partial charge is 0.265 e. The van der Waals surface area contributed by atoms with Crippen LogP contribution in [0.25, 0.3) is 5.65 Å². The van der Waals surface area contributed by atoms with Crippen LogP contribution in [-0.4, -0.2) is 21.4 Å². The van der Waals surface area contributed by atoms with E-state index in [1.165, 1.54) is 6.07 Å². The highest BCUT2D eigenvalue weighted by Gasteiger charge is 2.12. The van der Waals surface area contributed by atoms with E-state index in [1.54, 1.807) is 42.2 Å². The number of anilines is 1. The minimum absolute atomic E-state index is 0.135. The number of hydrogen-bond donors (Lipinski definition) is 1. The van der Waals surface area contributed by atoms with Crippen molar-refractivity contribution in [3.05, 3.63) is 48.2 Å². The monoisotopic (exact) mass is 272 g/mol. The average Bonchev–Trinajstić information content (AvgIpc) is 2.91. The van der Waals surface area contributed by atoms with Gasteiger partial charge in [0.05, 0.1) is 6.20 Å². The molecule has 0 unspecified atom stereocenters. The predicted molar refractivity (Wildman–Crippen MR) is 73.7 cm³/mol. The summed E-state index contributed by atoms with van der Waals surface area (Å²) in [5, 5.41) is 2.93. The number of nitrogens with zero attached hydrogens (tertiary/aromatic N) is 3. The Morgan fingerprint density at radius 3 is 3.00 bits per heavy atom. The van der Waals surface area contributed by atoms with Crippen LogP contribution < -0.4 is 10.1 Å². The van der Waals surface area contributed by atoms with Gasteiger partial charge in [-0.2, -0.15) is 4.98 Å². The summed E-state index contributed by atoms with van der Waals surface area (Å²) >= 11 is 0. The number of fused-ring (bicyclic) bond motifs is 1. The molecule has 0 amide bonds. The van der Waals surface area contributed by atoms with Crippen molar-refractivity contribution in [1.29, 1.82) is 0 Å². The Morgan fingerprint density at radius 2 is 2.20 bits per heavy atom. The van der Waals surface area contributed by atoms with Crippen molar-refractivity contribution < 1.29 is 9.13 Å². The molecule has 5 nitrogen and oxygen atoms in total. The number of aryl methyl sites for hydroxylation is 1. The molecule has 0 aliphatic carbocycles. The molecule has 0 atom stereocenters. The minimum Gasteiger partial charge on any atom is -0.433 e. The van der Waals surface area contributed by atoms with Gasteiger partial charge in [0.25, 0.3) is 5.88 Å². The molecule has 0 saturated heterocycles. The van der Waals surface area contributed by atoms with Gasteiger partial charge in [-0.05, 0) is 24.6 Å². The van der Waals surface area contributed by atoms with Gasteiger partial charge in [-0.3, -0.25) is 4.40 Å². The van der Waals surface area contributed by atoms with E-state index in [4.69, 9.17) is 4.74 Å². The Balaban J connectivity index is 2.09. The number of nitrogens with one attached hydrogen (secondary N) is 1. The molecule has 2 aromatic heterocycles. The molecule has 102 valence electrons. The standard InChI is InChI=1S/C14H13FN4O/c1-9-3-4-10(15)11(7-9)20-14-13-17-5-6-19(13)8-12(16-2)18-14/h3-8,16H,1-2H3. The van der Waals surface area contributed by atoms with Gasteiger partial charge < -0.3 is 10.1 Å². The van der Waals surface area contributed by atoms with Gasteiger partial charge in [0.2, 0.25) is 5.65 Å². The van der Waals surface area contributed by atoms with Crippen molar-refractivity contribution in [1.82, 2.24) is 14.4 Å². The topological polar surface area (TPSA) is 51.5 Å². The lowest BCUT2D eigenvalue weighted by molar-refractivity contribution is 0.429. The molecule has 2 heterocycles. The maximum Gasteiger partial charge on any atom is 0.265 e. The van der Waals surface area contributed by atoms with E-state index >= 15 is 0 Å². The number of halogens is 1. The Morgan fingerprint density at radius 1 is 1.35 bits per heavy atom. The molecule has 0 saturated carbocycles. The van der Waals surface area contributed by atoms with Crippen molar-refractivity contribution in [2.45, 2.75) is 6.92 Å². The van der Waals surface area contributed by atoms with E-state index in [-0.39, 0.29) is 11.6 Å². The van der Waals surface area contributed by atoms with Crippen molar-refractivity contribution in [2.24, 2.45) is 0 Å². The molecule has 6 heteroatoms. The van der Waals surface area contributed by atoms with Crippen LogP contribution in [-0.2, 0) is 0 Å². The van der Waals surface area contributed by atoms with Gasteiger partial charge in [0, 0.05) is 19.4 Å². The maximum atomic E-state index is 13.8. The molecule has 1 N–H and O–H groups in total. The normalized spacial score (nSPS) is 10.8. The fourth-order valence-corrected chi connectivity index (χ4v) is 1.88.